The zero-order valence-corrected chi connectivity index (χ0v) is 25.1. The van der Waals surface area contributed by atoms with Gasteiger partial charge in [0.1, 0.15) is 5.78 Å². The van der Waals surface area contributed by atoms with E-state index in [1.54, 1.807) is 13.0 Å². The van der Waals surface area contributed by atoms with Gasteiger partial charge in [-0.2, -0.15) is 0 Å². The van der Waals surface area contributed by atoms with Crippen molar-refractivity contribution in [3.63, 3.8) is 0 Å². The van der Waals surface area contributed by atoms with Crippen LogP contribution in [0.25, 0.3) is 0 Å². The largest absolute Gasteiger partial charge is 0.454 e. The maximum Gasteiger partial charge on any atom is 0.306 e. The fourth-order valence-corrected chi connectivity index (χ4v) is 8.62. The molecular weight excluding hydrogens is 498 g/mol. The van der Waals surface area contributed by atoms with Crippen LogP contribution in [-0.2, 0) is 19.1 Å². The van der Waals surface area contributed by atoms with Gasteiger partial charge in [0.15, 0.2) is 11.9 Å². The van der Waals surface area contributed by atoms with Crippen molar-refractivity contribution >= 4 is 23.2 Å². The summed E-state index contributed by atoms with van der Waals surface area (Å²) in [4.78, 5) is 40.7. The second-order valence-corrected chi connectivity index (χ2v) is 13.2. The van der Waals surface area contributed by atoms with E-state index in [0.717, 1.165) is 63.4 Å². The van der Waals surface area contributed by atoms with Crippen LogP contribution >= 0.6 is 0 Å². The smallest absolute Gasteiger partial charge is 0.306 e. The van der Waals surface area contributed by atoms with Crippen molar-refractivity contribution in [3.05, 3.63) is 52.6 Å². The maximum absolute atomic E-state index is 13.1. The lowest BCUT2D eigenvalue weighted by Crippen LogP contribution is -2.45. The van der Waals surface area contributed by atoms with Crippen molar-refractivity contribution in [2.75, 3.05) is 19.0 Å². The molecule has 5 heteroatoms. The number of fused-ring (bicyclic) bond motifs is 4. The summed E-state index contributed by atoms with van der Waals surface area (Å²) in [6.45, 7) is 6.31. The molecule has 4 aliphatic carbocycles. The molecule has 2 saturated carbocycles. The van der Waals surface area contributed by atoms with Gasteiger partial charge in [-0.05, 0) is 97.6 Å². The van der Waals surface area contributed by atoms with E-state index in [-0.39, 0.29) is 29.0 Å². The molecular formula is C35H47NO4. The number of anilines is 1. The van der Waals surface area contributed by atoms with Crippen LogP contribution in [0, 0.1) is 23.2 Å². The Hall–Kier alpha value is -2.69. The van der Waals surface area contributed by atoms with Crippen molar-refractivity contribution in [2.24, 2.45) is 23.2 Å². The molecule has 5 rings (SSSR count). The summed E-state index contributed by atoms with van der Waals surface area (Å²) in [6, 6.07) is 8.89. The number of carbonyl (C=O) groups excluding carboxylic acids is 3. The fourth-order valence-electron chi connectivity index (χ4n) is 8.62. The second-order valence-electron chi connectivity index (χ2n) is 13.2. The van der Waals surface area contributed by atoms with Crippen LogP contribution < -0.4 is 4.90 Å². The van der Waals surface area contributed by atoms with E-state index in [0.29, 0.717) is 30.5 Å². The number of esters is 1. The van der Waals surface area contributed by atoms with Crippen LogP contribution in [0.3, 0.4) is 0 Å². The molecule has 0 spiro atoms. The molecule has 5 nitrogen and oxygen atoms in total. The van der Waals surface area contributed by atoms with Crippen LogP contribution in [0.2, 0.25) is 0 Å². The molecule has 0 aromatic heterocycles. The number of rotatable bonds is 9. The van der Waals surface area contributed by atoms with Crippen molar-refractivity contribution in [3.8, 4) is 0 Å². The highest BCUT2D eigenvalue weighted by Crippen LogP contribution is 2.65. The zero-order chi connectivity index (χ0) is 28.6. The minimum absolute atomic E-state index is 0.0263. The van der Waals surface area contributed by atoms with Crippen molar-refractivity contribution in [2.45, 2.75) is 103 Å². The number of unbranched alkanes of at least 4 members (excludes halogenated alkanes) is 3. The van der Waals surface area contributed by atoms with E-state index in [9.17, 15) is 14.4 Å². The number of benzene rings is 1. The minimum Gasteiger partial charge on any atom is -0.454 e. The summed E-state index contributed by atoms with van der Waals surface area (Å²) < 4.78 is 5.83. The summed E-state index contributed by atoms with van der Waals surface area (Å²) in [5, 5.41) is 0. The lowest BCUT2D eigenvalue weighted by molar-refractivity contribution is -0.154. The van der Waals surface area contributed by atoms with E-state index in [4.69, 9.17) is 4.74 Å². The number of ether oxygens (including phenoxy) is 1. The van der Waals surface area contributed by atoms with Crippen molar-refractivity contribution in [1.29, 1.82) is 0 Å². The molecule has 0 aliphatic heterocycles. The molecule has 0 radical (unpaired) electrons. The molecule has 0 bridgehead atoms. The Bertz CT molecular complexity index is 1210. The predicted octanol–water partition coefficient (Wildman–Crippen LogP) is 7.35. The third kappa shape index (κ3) is 5.33. The molecule has 40 heavy (non-hydrogen) atoms. The number of ketones is 2. The predicted molar refractivity (Wildman–Crippen MR) is 159 cm³/mol. The lowest BCUT2D eigenvalue weighted by atomic mass is 9.51. The average molecular weight is 546 g/mol. The Morgan fingerprint density at radius 3 is 2.48 bits per heavy atom. The van der Waals surface area contributed by atoms with Gasteiger partial charge in [0, 0.05) is 44.5 Å². The summed E-state index contributed by atoms with van der Waals surface area (Å²) in [7, 11) is 4.11. The minimum atomic E-state index is -0.720. The molecule has 1 aromatic carbocycles. The first kappa shape index (κ1) is 28.8. The van der Waals surface area contributed by atoms with Crippen LogP contribution in [0.1, 0.15) is 103 Å². The Morgan fingerprint density at radius 2 is 1.80 bits per heavy atom. The van der Waals surface area contributed by atoms with Crippen LogP contribution in [-0.4, -0.2) is 37.7 Å². The van der Waals surface area contributed by atoms with Crippen LogP contribution in [0.5, 0.6) is 0 Å². The number of hydrogen-bond donors (Lipinski definition) is 0. The van der Waals surface area contributed by atoms with Crippen LogP contribution in [0.15, 0.2) is 47.1 Å². The highest BCUT2D eigenvalue weighted by Gasteiger charge is 2.57. The number of carbonyl (C=O) groups is 3. The molecule has 0 amide bonds. The van der Waals surface area contributed by atoms with Gasteiger partial charge in [-0.25, -0.2) is 0 Å². The molecule has 6 atom stereocenters. The van der Waals surface area contributed by atoms with Crippen molar-refractivity contribution in [1.82, 2.24) is 0 Å². The first-order chi connectivity index (χ1) is 19.1. The summed E-state index contributed by atoms with van der Waals surface area (Å²) in [5.41, 5.74) is 6.29. The highest BCUT2D eigenvalue weighted by molar-refractivity contribution is 5.98. The average Bonchev–Trinajstić information content (AvgIpc) is 3.28. The monoisotopic (exact) mass is 545 g/mol. The quantitative estimate of drug-likeness (QED) is 0.240. The van der Waals surface area contributed by atoms with E-state index in [1.807, 2.05) is 0 Å². The Kier molecular flexibility index (Phi) is 8.40. The first-order valence-corrected chi connectivity index (χ1v) is 15.6. The topological polar surface area (TPSA) is 63.7 Å². The number of nitrogens with zero attached hydrogens (tertiary/aromatic N) is 1. The van der Waals surface area contributed by atoms with E-state index in [2.05, 4.69) is 57.1 Å². The zero-order valence-electron chi connectivity index (χ0n) is 25.1. The molecule has 2 fully saturated rings. The SMILES string of the molecule is CCCCCCC(=O)OC1CC2=C3[C@@H](CCC2=CC1=O)[C@@H]1CC[C@H](C(C)=O)[C@@]1(C)C[C@@H]3c1ccc(N(C)C)cc1. The maximum atomic E-state index is 13.1. The standard InChI is InChI=1S/C35H47NO4/c1-6-7-8-9-10-33(39)40-32-20-27-24(19-31(32)38)13-16-26-30-18-17-29(22(2)37)35(30,3)21-28(34(26)27)23-11-14-25(15-12-23)36(4)5/h11-12,14-15,19,26,28-30,32H,6-10,13,16-18,20-21H2,1-5H3/t26-,28+,29+,30-,32?,35+/m0/s1. The molecule has 0 heterocycles. The van der Waals surface area contributed by atoms with E-state index >= 15 is 0 Å². The molecule has 0 N–H and O–H groups in total. The summed E-state index contributed by atoms with van der Waals surface area (Å²) >= 11 is 0. The third-order valence-corrected chi connectivity index (χ3v) is 10.6. The van der Waals surface area contributed by atoms with E-state index < -0.39 is 6.10 Å². The van der Waals surface area contributed by atoms with Gasteiger partial charge in [-0.3, -0.25) is 14.4 Å². The van der Waals surface area contributed by atoms with Gasteiger partial charge in [-0.1, -0.05) is 50.8 Å². The first-order valence-electron chi connectivity index (χ1n) is 15.6. The van der Waals surface area contributed by atoms with Crippen molar-refractivity contribution < 1.29 is 19.1 Å². The van der Waals surface area contributed by atoms with Gasteiger partial charge >= 0.3 is 5.97 Å². The number of allylic oxidation sites excluding steroid dienone is 2. The van der Waals surface area contributed by atoms with E-state index in [1.165, 1.54) is 22.4 Å². The normalized spacial score (nSPS) is 31.2. The Labute approximate surface area is 240 Å². The van der Waals surface area contributed by atoms with Crippen LogP contribution in [0.4, 0.5) is 5.69 Å². The number of hydrogen-bond acceptors (Lipinski definition) is 5. The molecule has 0 saturated heterocycles. The highest BCUT2D eigenvalue weighted by atomic mass is 16.5. The summed E-state index contributed by atoms with van der Waals surface area (Å²) in [5.74, 6) is 1.18. The second kappa shape index (κ2) is 11.7. The lowest BCUT2D eigenvalue weighted by Gasteiger charge is -2.52. The Balaban J connectivity index is 1.51. The summed E-state index contributed by atoms with van der Waals surface area (Å²) in [6.07, 6.45) is 10.9. The third-order valence-electron chi connectivity index (χ3n) is 10.6. The van der Waals surface area contributed by atoms with Gasteiger partial charge in [0.05, 0.1) is 0 Å². The van der Waals surface area contributed by atoms with Gasteiger partial charge in [0.25, 0.3) is 0 Å². The molecule has 1 unspecified atom stereocenters. The molecule has 1 aromatic rings. The number of Topliss-reactive ketones (excluding diaryl/α,β-unsaturated/α-hetero) is 1. The Morgan fingerprint density at radius 1 is 1.05 bits per heavy atom. The molecule has 4 aliphatic rings. The van der Waals surface area contributed by atoms with Gasteiger partial charge < -0.3 is 9.64 Å². The van der Waals surface area contributed by atoms with Gasteiger partial charge in [0.2, 0.25) is 0 Å². The van der Waals surface area contributed by atoms with Gasteiger partial charge in [-0.15, -0.1) is 0 Å². The molecule has 216 valence electrons. The fraction of sp³-hybridized carbons (Fsp3) is 0.629.